The summed E-state index contributed by atoms with van der Waals surface area (Å²) in [6.45, 7) is 0.882. The number of hydrogen-bond donors (Lipinski definition) is 3. The highest BCUT2D eigenvalue weighted by molar-refractivity contribution is 5.02. The fraction of sp³-hybridized carbons (Fsp3) is 0.600. The molecule has 1 saturated heterocycles. The number of aromatic nitrogens is 2. The molecule has 0 aromatic carbocycles. The third-order valence-corrected chi connectivity index (χ3v) is 2.55. The van der Waals surface area contributed by atoms with E-state index in [4.69, 9.17) is 12.6 Å². The summed E-state index contributed by atoms with van der Waals surface area (Å²) in [4.78, 5) is 25.0. The minimum absolute atomic E-state index is 0.209. The molecular formula is C10H14N2O5. The van der Waals surface area contributed by atoms with Gasteiger partial charge in [-0.25, -0.2) is 4.79 Å². The van der Waals surface area contributed by atoms with Crippen LogP contribution in [0.25, 0.3) is 0 Å². The van der Waals surface area contributed by atoms with E-state index in [-0.39, 0.29) is 5.56 Å². The van der Waals surface area contributed by atoms with Crippen molar-refractivity contribution in [3.8, 4) is 0 Å². The van der Waals surface area contributed by atoms with E-state index in [9.17, 15) is 14.7 Å². The standard InChI is InChI=1S/C10H14N2O5/c1-5-3-12(10(16)11-9(5)15)8-2-6(14)7(4-13)17-8/h3,6-8,13-14H,2,4H2,1H3,(H,11,15,16)/t6-,7+,8+/m0/s1/i2D2. The summed E-state index contributed by atoms with van der Waals surface area (Å²) in [5.41, 5.74) is -1.20. The molecule has 0 spiro atoms. The highest BCUT2D eigenvalue weighted by Gasteiger charge is 2.34. The summed E-state index contributed by atoms with van der Waals surface area (Å²) < 4.78 is 21.6. The van der Waals surface area contributed by atoms with Crippen LogP contribution >= 0.6 is 0 Å². The average Bonchev–Trinajstić information content (AvgIpc) is 2.56. The maximum absolute atomic E-state index is 11.7. The number of nitrogens with one attached hydrogen (secondary N) is 1. The Morgan fingerprint density at radius 2 is 2.41 bits per heavy atom. The Morgan fingerprint density at radius 1 is 1.71 bits per heavy atom. The molecule has 94 valence electrons. The number of hydrogen-bond acceptors (Lipinski definition) is 5. The zero-order valence-electron chi connectivity index (χ0n) is 11.1. The van der Waals surface area contributed by atoms with E-state index < -0.39 is 42.7 Å². The summed E-state index contributed by atoms with van der Waals surface area (Å²) in [5.74, 6) is 0. The van der Waals surface area contributed by atoms with Gasteiger partial charge in [-0.1, -0.05) is 0 Å². The van der Waals surface area contributed by atoms with Crippen molar-refractivity contribution in [1.82, 2.24) is 9.55 Å². The maximum Gasteiger partial charge on any atom is 0.330 e. The van der Waals surface area contributed by atoms with Gasteiger partial charge in [-0.15, -0.1) is 0 Å². The predicted molar refractivity (Wildman–Crippen MR) is 57.7 cm³/mol. The first-order valence-electron chi connectivity index (χ1n) is 6.05. The van der Waals surface area contributed by atoms with E-state index >= 15 is 0 Å². The van der Waals surface area contributed by atoms with Crippen molar-refractivity contribution in [2.75, 3.05) is 6.61 Å². The van der Waals surface area contributed by atoms with E-state index in [1.807, 2.05) is 4.98 Å². The lowest BCUT2D eigenvalue weighted by Gasteiger charge is -2.14. The van der Waals surface area contributed by atoms with Crippen molar-refractivity contribution < 1.29 is 17.7 Å². The van der Waals surface area contributed by atoms with Gasteiger partial charge in [-0.3, -0.25) is 14.3 Å². The zero-order valence-corrected chi connectivity index (χ0v) is 9.08. The molecule has 3 N–H and O–H groups in total. The summed E-state index contributed by atoms with van der Waals surface area (Å²) >= 11 is 0. The predicted octanol–water partition coefficient (Wildman–Crippen LogP) is -1.51. The van der Waals surface area contributed by atoms with Gasteiger partial charge in [-0.2, -0.15) is 0 Å². The van der Waals surface area contributed by atoms with Crippen molar-refractivity contribution in [2.45, 2.75) is 31.7 Å². The third kappa shape index (κ3) is 2.17. The summed E-state index contributed by atoms with van der Waals surface area (Å²) in [6, 6.07) is 0. The molecule has 1 aromatic heterocycles. The van der Waals surface area contributed by atoms with Crippen LogP contribution in [0.4, 0.5) is 0 Å². The number of aliphatic hydroxyl groups excluding tert-OH is 2. The lowest BCUT2D eigenvalue weighted by molar-refractivity contribution is -0.0459. The number of aryl methyl sites for hydroxylation is 1. The Morgan fingerprint density at radius 3 is 3.00 bits per heavy atom. The van der Waals surface area contributed by atoms with Gasteiger partial charge in [0.15, 0.2) is 0 Å². The lowest BCUT2D eigenvalue weighted by Crippen LogP contribution is -2.33. The number of aromatic amines is 1. The second-order valence-electron chi connectivity index (χ2n) is 3.80. The first kappa shape index (κ1) is 9.58. The minimum Gasteiger partial charge on any atom is -0.394 e. The van der Waals surface area contributed by atoms with Crippen LogP contribution < -0.4 is 11.2 Å². The molecular weight excluding hydrogens is 228 g/mol. The zero-order chi connectivity index (χ0) is 14.4. The van der Waals surface area contributed by atoms with Crippen LogP contribution in [-0.2, 0) is 4.74 Å². The smallest absolute Gasteiger partial charge is 0.330 e. The Hall–Kier alpha value is -1.44. The molecule has 7 heteroatoms. The average molecular weight is 244 g/mol. The monoisotopic (exact) mass is 244 g/mol. The normalized spacial score (nSPS) is 33.2. The second kappa shape index (κ2) is 4.44. The largest absolute Gasteiger partial charge is 0.394 e. The van der Waals surface area contributed by atoms with Crippen LogP contribution in [-0.4, -0.2) is 38.6 Å². The van der Waals surface area contributed by atoms with Crippen LogP contribution in [0.15, 0.2) is 15.8 Å². The van der Waals surface area contributed by atoms with Gasteiger partial charge < -0.3 is 14.9 Å². The maximum atomic E-state index is 11.7. The number of nitrogens with zero attached hydrogens (tertiary/aromatic N) is 1. The first-order valence-corrected chi connectivity index (χ1v) is 5.05. The summed E-state index contributed by atoms with van der Waals surface area (Å²) in [6.07, 6.45) is -5.21. The van der Waals surface area contributed by atoms with Gasteiger partial charge in [-0.05, 0) is 6.92 Å². The number of ether oxygens (including phenoxy) is 1. The van der Waals surface area contributed by atoms with Gasteiger partial charge in [0.25, 0.3) is 5.56 Å². The number of H-pyrrole nitrogens is 1. The van der Waals surface area contributed by atoms with Crippen LogP contribution in [0.3, 0.4) is 0 Å². The first-order chi connectivity index (χ1) is 8.78. The van der Waals surface area contributed by atoms with Crippen LogP contribution in [0.1, 0.15) is 20.9 Å². The fourth-order valence-corrected chi connectivity index (χ4v) is 1.58. The van der Waals surface area contributed by atoms with Gasteiger partial charge in [0, 0.05) is 20.9 Å². The van der Waals surface area contributed by atoms with E-state index in [0.29, 0.717) is 0 Å². The van der Waals surface area contributed by atoms with E-state index in [1.54, 1.807) is 0 Å². The molecule has 2 rings (SSSR count). The van der Waals surface area contributed by atoms with Crippen LogP contribution in [0.5, 0.6) is 0 Å². The number of aliphatic hydroxyl groups is 2. The van der Waals surface area contributed by atoms with E-state index in [1.165, 1.54) is 6.92 Å². The Labute approximate surface area is 99.1 Å². The Balaban J connectivity index is 2.51. The number of rotatable bonds is 2. The molecule has 2 heterocycles. The van der Waals surface area contributed by atoms with Crippen molar-refractivity contribution in [2.24, 2.45) is 0 Å². The van der Waals surface area contributed by atoms with Crippen molar-refractivity contribution >= 4 is 0 Å². The van der Waals surface area contributed by atoms with Gasteiger partial charge >= 0.3 is 5.69 Å². The van der Waals surface area contributed by atoms with Crippen molar-refractivity contribution in [3.63, 3.8) is 0 Å². The molecule has 0 amide bonds. The Bertz CT molecular complexity index is 596. The molecule has 0 radical (unpaired) electrons. The molecule has 1 aliphatic rings. The SMILES string of the molecule is [2H]C1([2H])[C@H](O)[C@@H](CO)O[C@H]1n1cc(C)c(=O)[nH]c1=O. The summed E-state index contributed by atoms with van der Waals surface area (Å²) in [7, 11) is 0. The van der Waals surface area contributed by atoms with Crippen molar-refractivity contribution in [3.05, 3.63) is 32.6 Å². The van der Waals surface area contributed by atoms with Crippen LogP contribution in [0, 0.1) is 6.92 Å². The molecule has 0 unspecified atom stereocenters. The molecule has 0 bridgehead atoms. The summed E-state index contributed by atoms with van der Waals surface area (Å²) in [5, 5.41) is 18.7. The second-order valence-corrected chi connectivity index (χ2v) is 3.80. The van der Waals surface area contributed by atoms with E-state index in [2.05, 4.69) is 0 Å². The van der Waals surface area contributed by atoms with Gasteiger partial charge in [0.1, 0.15) is 12.3 Å². The lowest BCUT2D eigenvalue weighted by atomic mass is 10.2. The van der Waals surface area contributed by atoms with Gasteiger partial charge in [0.05, 0.1) is 12.7 Å². The molecule has 1 aromatic rings. The molecule has 0 aliphatic carbocycles. The molecule has 1 fully saturated rings. The quantitative estimate of drug-likeness (QED) is 0.586. The third-order valence-electron chi connectivity index (χ3n) is 2.55. The highest BCUT2D eigenvalue weighted by Crippen LogP contribution is 2.27. The van der Waals surface area contributed by atoms with Crippen molar-refractivity contribution in [1.29, 1.82) is 0 Å². The fourth-order valence-electron chi connectivity index (χ4n) is 1.58. The van der Waals surface area contributed by atoms with Crippen LogP contribution in [0.2, 0.25) is 0 Å². The van der Waals surface area contributed by atoms with Gasteiger partial charge in [0.2, 0.25) is 0 Å². The molecule has 1 aliphatic heterocycles. The molecule has 3 atom stereocenters. The molecule has 7 nitrogen and oxygen atoms in total. The minimum atomic E-state index is -2.26. The Kier molecular flexibility index (Phi) is 2.50. The highest BCUT2D eigenvalue weighted by atomic mass is 16.5. The topological polar surface area (TPSA) is 105 Å². The van der Waals surface area contributed by atoms with E-state index in [0.717, 1.165) is 10.8 Å². The molecule has 17 heavy (non-hydrogen) atoms. The molecule has 0 saturated carbocycles.